The predicted octanol–water partition coefficient (Wildman–Crippen LogP) is 1.90. The van der Waals surface area contributed by atoms with E-state index in [1.165, 1.54) is 0 Å². The fourth-order valence-electron chi connectivity index (χ4n) is 0.622. The molecule has 2 heteroatoms. The molecule has 0 aromatic heterocycles. The van der Waals surface area contributed by atoms with Gasteiger partial charge in [0.1, 0.15) is 0 Å². The van der Waals surface area contributed by atoms with Crippen LogP contribution in [0, 0.1) is 14.4 Å². The fourth-order valence-corrected chi connectivity index (χ4v) is 0.622. The van der Waals surface area contributed by atoms with Gasteiger partial charge >= 0.3 is 21.1 Å². The fraction of sp³-hybridized carbons (Fsp3) is 0.111. The van der Waals surface area contributed by atoms with E-state index in [2.05, 4.69) is 0 Å². The van der Waals surface area contributed by atoms with Crippen LogP contribution >= 0.6 is 0 Å². The number of rotatable bonds is 1. The Labute approximate surface area is 82.1 Å². The van der Waals surface area contributed by atoms with E-state index in [1.807, 2.05) is 19.1 Å². The van der Waals surface area contributed by atoms with Crippen molar-refractivity contribution in [2.75, 3.05) is 0 Å². The van der Waals surface area contributed by atoms with Gasteiger partial charge in [-0.15, -0.1) is 12.1 Å². The van der Waals surface area contributed by atoms with Crippen LogP contribution in [0.5, 0.6) is 0 Å². The summed E-state index contributed by atoms with van der Waals surface area (Å²) in [5.41, 5.74) is 1.77. The van der Waals surface area contributed by atoms with Crippen LogP contribution < -0.4 is 0 Å². The van der Waals surface area contributed by atoms with E-state index in [0.717, 1.165) is 5.56 Å². The molecule has 0 spiro atoms. The van der Waals surface area contributed by atoms with Gasteiger partial charge in [0.15, 0.2) is 0 Å². The second-order valence-electron chi connectivity index (χ2n) is 1.97. The second kappa shape index (κ2) is 6.30. The van der Waals surface area contributed by atoms with Crippen LogP contribution in [0.25, 0.3) is 0 Å². The zero-order valence-corrected chi connectivity index (χ0v) is 9.56. The van der Waals surface area contributed by atoms with Crippen molar-refractivity contribution in [1.82, 2.24) is 0 Å². The molecule has 1 rings (SSSR count). The summed E-state index contributed by atoms with van der Waals surface area (Å²) in [6.07, 6.45) is 1.80. The van der Waals surface area contributed by atoms with E-state index >= 15 is 0 Å². The molecule has 0 aliphatic rings. The molecule has 0 unspecified atom stereocenters. The summed E-state index contributed by atoms with van der Waals surface area (Å²) >= 11 is 0. The Hall–Kier alpha value is -0.422. The number of hydrogen-bond acceptors (Lipinski definition) is 1. The monoisotopic (exact) mass is 318 g/mol. The van der Waals surface area contributed by atoms with Crippen molar-refractivity contribution in [3.63, 3.8) is 0 Å². The quantitative estimate of drug-likeness (QED) is 0.723. The summed E-state index contributed by atoms with van der Waals surface area (Å²) in [5.74, 6) is 0. The van der Waals surface area contributed by atoms with Gasteiger partial charge in [-0.3, -0.25) is 0 Å². The van der Waals surface area contributed by atoms with Gasteiger partial charge in [0.05, 0.1) is 6.29 Å². The molecule has 0 bridgehead atoms. The third-order valence-electron chi connectivity index (χ3n) is 1.17. The molecule has 0 saturated carbocycles. The standard InChI is InChI=1S/C8H7O.CH3.W/c1-7-2-4-8(6-9)5-3-7;;/h2-5H,1H3;1H3;/q2*-1;+2. The molecule has 0 atom stereocenters. The van der Waals surface area contributed by atoms with Gasteiger partial charge in [0.2, 0.25) is 0 Å². The van der Waals surface area contributed by atoms with Crippen molar-refractivity contribution in [3.05, 3.63) is 42.8 Å². The summed E-state index contributed by atoms with van der Waals surface area (Å²) in [7, 11) is 0. The van der Waals surface area contributed by atoms with E-state index in [9.17, 15) is 4.79 Å². The van der Waals surface area contributed by atoms with Gasteiger partial charge in [0.25, 0.3) is 0 Å². The maximum absolute atomic E-state index is 9.99. The molecule has 0 heterocycles. The van der Waals surface area contributed by atoms with Crippen molar-refractivity contribution in [2.24, 2.45) is 0 Å². The van der Waals surface area contributed by atoms with Gasteiger partial charge in [-0.25, -0.2) is 0 Å². The summed E-state index contributed by atoms with van der Waals surface area (Å²) in [6, 6.07) is 7.28. The Morgan fingerprint density at radius 3 is 2.00 bits per heavy atom. The van der Waals surface area contributed by atoms with Crippen LogP contribution in [0.3, 0.4) is 0 Å². The topological polar surface area (TPSA) is 17.1 Å². The van der Waals surface area contributed by atoms with Crippen LogP contribution in [0.4, 0.5) is 0 Å². The molecule has 0 radical (unpaired) electrons. The van der Waals surface area contributed by atoms with Crippen molar-refractivity contribution < 1.29 is 25.9 Å². The predicted molar refractivity (Wildman–Crippen MR) is 42.4 cm³/mol. The van der Waals surface area contributed by atoms with Gasteiger partial charge in [-0.05, 0) is 6.92 Å². The Kier molecular flexibility index (Phi) is 7.55. The SMILES string of the molecule is Cc1ccc([C-]=O)cc1.[CH3-].[W+2]. The Bertz CT molecular complexity index is 203. The van der Waals surface area contributed by atoms with Crippen molar-refractivity contribution >= 4 is 6.29 Å². The molecule has 0 amide bonds. The third-order valence-corrected chi connectivity index (χ3v) is 1.17. The van der Waals surface area contributed by atoms with Gasteiger partial charge in [-0.2, -0.15) is 17.7 Å². The summed E-state index contributed by atoms with van der Waals surface area (Å²) in [6.45, 7) is 1.98. The van der Waals surface area contributed by atoms with Crippen LogP contribution in [-0.4, -0.2) is 6.29 Å². The normalized spacial score (nSPS) is 7.36. The molecule has 0 aliphatic heterocycles. The molecule has 0 fully saturated rings. The minimum Gasteiger partial charge on any atom is -0.376 e. The van der Waals surface area contributed by atoms with Gasteiger partial charge in [-0.1, -0.05) is 5.56 Å². The van der Waals surface area contributed by atoms with E-state index in [4.69, 9.17) is 0 Å². The minimum absolute atomic E-state index is 0. The van der Waals surface area contributed by atoms with Gasteiger partial charge < -0.3 is 12.2 Å². The summed E-state index contributed by atoms with van der Waals surface area (Å²) < 4.78 is 0. The average molecular weight is 318 g/mol. The number of benzene rings is 1. The summed E-state index contributed by atoms with van der Waals surface area (Å²) in [4.78, 5) is 9.99. The number of aryl methyl sites for hydroxylation is 1. The van der Waals surface area contributed by atoms with E-state index < -0.39 is 0 Å². The Balaban J connectivity index is 0. The smallest absolute Gasteiger partial charge is 0.376 e. The molecular formula is C9H10OW. The molecule has 1 aromatic rings. The third kappa shape index (κ3) is 4.10. The van der Waals surface area contributed by atoms with E-state index in [0.29, 0.717) is 5.56 Å². The Morgan fingerprint density at radius 2 is 1.64 bits per heavy atom. The molecule has 1 nitrogen and oxygen atoms in total. The molecule has 0 saturated heterocycles. The van der Waals surface area contributed by atoms with Crippen LogP contribution in [-0.2, 0) is 25.9 Å². The zero-order valence-electron chi connectivity index (χ0n) is 6.63. The first kappa shape index (κ1) is 13.2. The molecule has 58 valence electrons. The van der Waals surface area contributed by atoms with Crippen LogP contribution in [0.15, 0.2) is 24.3 Å². The van der Waals surface area contributed by atoms with Crippen molar-refractivity contribution in [1.29, 1.82) is 0 Å². The van der Waals surface area contributed by atoms with Crippen LogP contribution in [0.1, 0.15) is 11.1 Å². The molecule has 11 heavy (non-hydrogen) atoms. The largest absolute Gasteiger partial charge is 2.00 e. The van der Waals surface area contributed by atoms with E-state index in [-0.39, 0.29) is 28.5 Å². The first-order valence-electron chi connectivity index (χ1n) is 2.78. The molecule has 0 N–H and O–H groups in total. The first-order chi connectivity index (χ1) is 4.33. The van der Waals surface area contributed by atoms with Crippen molar-refractivity contribution in [2.45, 2.75) is 6.92 Å². The number of hydrogen-bond donors (Lipinski definition) is 0. The second-order valence-corrected chi connectivity index (χ2v) is 1.97. The van der Waals surface area contributed by atoms with E-state index in [1.54, 1.807) is 18.4 Å². The molecular weight excluding hydrogens is 308 g/mol. The van der Waals surface area contributed by atoms with Gasteiger partial charge in [0, 0.05) is 0 Å². The number of carbonyl (C=O) groups excluding carboxylic acids is 1. The average Bonchev–Trinajstić information content (AvgIpc) is 1.90. The Morgan fingerprint density at radius 1 is 1.18 bits per heavy atom. The zero-order chi connectivity index (χ0) is 6.69. The summed E-state index contributed by atoms with van der Waals surface area (Å²) in [5, 5.41) is 0. The first-order valence-corrected chi connectivity index (χ1v) is 2.78. The molecule has 1 aromatic carbocycles. The van der Waals surface area contributed by atoms with Crippen molar-refractivity contribution in [3.8, 4) is 0 Å². The maximum atomic E-state index is 9.99. The maximum Gasteiger partial charge on any atom is 2.00 e. The molecule has 0 aliphatic carbocycles. The minimum atomic E-state index is 0. The van der Waals surface area contributed by atoms with Crippen LogP contribution in [0.2, 0.25) is 0 Å².